The first kappa shape index (κ1) is 14.0. The van der Waals surface area contributed by atoms with Gasteiger partial charge in [0.05, 0.1) is 17.1 Å². The summed E-state index contributed by atoms with van der Waals surface area (Å²) in [7, 11) is 0. The van der Waals surface area contributed by atoms with E-state index in [-0.39, 0.29) is 17.7 Å². The van der Waals surface area contributed by atoms with E-state index in [1.165, 1.54) is 11.3 Å². The smallest absolute Gasteiger partial charge is 0.261 e. The molecule has 0 spiro atoms. The highest BCUT2D eigenvalue weighted by Gasteiger charge is 2.37. The van der Waals surface area contributed by atoms with Crippen molar-refractivity contribution in [3.8, 4) is 0 Å². The van der Waals surface area contributed by atoms with Crippen LogP contribution in [0, 0.1) is 5.92 Å². The molecule has 0 unspecified atom stereocenters. The Kier molecular flexibility index (Phi) is 3.50. The third-order valence-electron chi connectivity index (χ3n) is 4.06. The number of rotatable bonds is 4. The van der Waals surface area contributed by atoms with Crippen molar-refractivity contribution in [2.45, 2.75) is 25.8 Å². The Morgan fingerprint density at radius 1 is 1.36 bits per heavy atom. The van der Waals surface area contributed by atoms with Crippen molar-refractivity contribution in [1.82, 2.24) is 5.32 Å². The van der Waals surface area contributed by atoms with Crippen LogP contribution in [0.15, 0.2) is 23.6 Å². The lowest BCUT2D eigenvalue weighted by molar-refractivity contribution is -0.119. The second kappa shape index (κ2) is 5.52. The van der Waals surface area contributed by atoms with Gasteiger partial charge in [-0.15, -0.1) is 22.7 Å². The first-order valence-corrected chi connectivity index (χ1v) is 9.16. The molecule has 2 aromatic heterocycles. The van der Waals surface area contributed by atoms with Crippen LogP contribution >= 0.6 is 22.7 Å². The number of fused-ring (bicyclic) bond motifs is 1. The molecule has 22 heavy (non-hydrogen) atoms. The molecule has 0 radical (unpaired) electrons. The van der Waals surface area contributed by atoms with Gasteiger partial charge in [-0.2, -0.15) is 0 Å². The van der Waals surface area contributed by atoms with E-state index in [4.69, 9.17) is 0 Å². The SMILES string of the molecule is O=C(NCc1cccs1)c1cc2c(s1)CCN2C(=O)C1CC1. The maximum Gasteiger partial charge on any atom is 0.261 e. The maximum atomic E-state index is 12.3. The molecular weight excluding hydrogens is 316 g/mol. The first-order chi connectivity index (χ1) is 10.7. The zero-order valence-electron chi connectivity index (χ0n) is 12.0. The molecule has 2 amide bonds. The molecule has 3 heterocycles. The van der Waals surface area contributed by atoms with E-state index in [0.717, 1.165) is 41.2 Å². The van der Waals surface area contributed by atoms with Gasteiger partial charge in [0.1, 0.15) is 0 Å². The number of nitrogens with one attached hydrogen (secondary N) is 1. The van der Waals surface area contributed by atoms with Gasteiger partial charge in [-0.25, -0.2) is 0 Å². The van der Waals surface area contributed by atoms with Crippen LogP contribution in [0.2, 0.25) is 0 Å². The van der Waals surface area contributed by atoms with Crippen molar-refractivity contribution in [2.24, 2.45) is 5.92 Å². The molecule has 4 rings (SSSR count). The van der Waals surface area contributed by atoms with Gasteiger partial charge in [-0.3, -0.25) is 9.59 Å². The standard InChI is InChI=1S/C16H16N2O2S2/c19-15(17-9-11-2-1-7-21-11)14-8-12-13(22-14)5-6-18(12)16(20)10-3-4-10/h1-2,7-8,10H,3-6,9H2,(H,17,19). The van der Waals surface area contributed by atoms with E-state index in [1.807, 2.05) is 28.5 Å². The van der Waals surface area contributed by atoms with Crippen molar-refractivity contribution in [1.29, 1.82) is 0 Å². The number of nitrogens with zero attached hydrogens (tertiary/aromatic N) is 1. The maximum absolute atomic E-state index is 12.3. The highest BCUT2D eigenvalue weighted by molar-refractivity contribution is 7.14. The topological polar surface area (TPSA) is 49.4 Å². The molecule has 1 aliphatic carbocycles. The lowest BCUT2D eigenvalue weighted by atomic mass is 10.3. The summed E-state index contributed by atoms with van der Waals surface area (Å²) >= 11 is 3.15. The number of carbonyl (C=O) groups is 2. The van der Waals surface area contributed by atoms with E-state index < -0.39 is 0 Å². The van der Waals surface area contributed by atoms with Gasteiger partial charge in [0.25, 0.3) is 5.91 Å². The van der Waals surface area contributed by atoms with Crippen molar-refractivity contribution in [2.75, 3.05) is 11.4 Å². The number of thiophene rings is 2. The van der Waals surface area contributed by atoms with E-state index in [1.54, 1.807) is 11.3 Å². The van der Waals surface area contributed by atoms with Gasteiger partial charge in [0, 0.05) is 28.6 Å². The van der Waals surface area contributed by atoms with Crippen molar-refractivity contribution in [3.63, 3.8) is 0 Å². The molecule has 1 saturated carbocycles. The summed E-state index contributed by atoms with van der Waals surface area (Å²) in [6.07, 6.45) is 2.91. The normalized spacial score (nSPS) is 16.6. The molecule has 114 valence electrons. The summed E-state index contributed by atoms with van der Waals surface area (Å²) < 4.78 is 0. The zero-order valence-corrected chi connectivity index (χ0v) is 13.6. The molecule has 2 aliphatic rings. The quantitative estimate of drug-likeness (QED) is 0.935. The van der Waals surface area contributed by atoms with E-state index in [0.29, 0.717) is 11.4 Å². The molecule has 0 aromatic carbocycles. The molecule has 1 N–H and O–H groups in total. The Labute approximate surface area is 136 Å². The summed E-state index contributed by atoms with van der Waals surface area (Å²) in [5.41, 5.74) is 0.961. The molecule has 4 nitrogen and oxygen atoms in total. The van der Waals surface area contributed by atoms with Crippen LogP contribution in [0.3, 0.4) is 0 Å². The van der Waals surface area contributed by atoms with E-state index in [2.05, 4.69) is 5.32 Å². The minimum Gasteiger partial charge on any atom is -0.346 e. The minimum atomic E-state index is -0.0494. The van der Waals surface area contributed by atoms with E-state index in [9.17, 15) is 9.59 Å². The molecule has 1 aliphatic heterocycles. The Morgan fingerprint density at radius 2 is 2.23 bits per heavy atom. The molecule has 1 fully saturated rings. The van der Waals surface area contributed by atoms with Crippen molar-refractivity contribution < 1.29 is 9.59 Å². The largest absolute Gasteiger partial charge is 0.346 e. The first-order valence-electron chi connectivity index (χ1n) is 7.47. The Balaban J connectivity index is 1.46. The third-order valence-corrected chi connectivity index (χ3v) is 6.12. The summed E-state index contributed by atoms with van der Waals surface area (Å²) in [5.74, 6) is 0.413. The summed E-state index contributed by atoms with van der Waals surface area (Å²) in [6, 6.07) is 5.87. The van der Waals surface area contributed by atoms with Crippen LogP contribution in [-0.2, 0) is 17.8 Å². The molecule has 0 bridgehead atoms. The predicted molar refractivity (Wildman–Crippen MR) is 88.6 cm³/mol. The van der Waals surface area contributed by atoms with Gasteiger partial charge in [-0.05, 0) is 30.4 Å². The van der Waals surface area contributed by atoms with Gasteiger partial charge < -0.3 is 10.2 Å². The van der Waals surface area contributed by atoms with Gasteiger partial charge in [0.15, 0.2) is 0 Å². The van der Waals surface area contributed by atoms with Gasteiger partial charge in [-0.1, -0.05) is 6.07 Å². The number of carbonyl (C=O) groups excluding carboxylic acids is 2. The Bertz CT molecular complexity index is 717. The molecule has 6 heteroatoms. The second-order valence-corrected chi connectivity index (χ2v) is 7.86. The number of anilines is 1. The molecule has 2 aromatic rings. The van der Waals surface area contributed by atoms with Crippen molar-refractivity contribution in [3.05, 3.63) is 38.2 Å². The summed E-state index contributed by atoms with van der Waals surface area (Å²) in [4.78, 5) is 29.4. The summed E-state index contributed by atoms with van der Waals surface area (Å²) in [5, 5.41) is 4.95. The van der Waals surface area contributed by atoms with Gasteiger partial charge >= 0.3 is 0 Å². The minimum absolute atomic E-state index is 0.0494. The molecule has 0 atom stereocenters. The lowest BCUT2D eigenvalue weighted by Gasteiger charge is -2.15. The zero-order chi connectivity index (χ0) is 15.1. The Hall–Kier alpha value is -1.66. The number of amides is 2. The summed E-state index contributed by atoms with van der Waals surface area (Å²) in [6.45, 7) is 1.33. The predicted octanol–water partition coefficient (Wildman–Crippen LogP) is 3.04. The van der Waals surface area contributed by atoms with Crippen molar-refractivity contribution >= 4 is 40.2 Å². The monoisotopic (exact) mass is 332 g/mol. The highest BCUT2D eigenvalue weighted by Crippen LogP contribution is 2.40. The van der Waals surface area contributed by atoms with Crippen LogP contribution in [0.5, 0.6) is 0 Å². The Morgan fingerprint density at radius 3 is 2.95 bits per heavy atom. The van der Waals surface area contributed by atoms with Crippen LogP contribution in [-0.4, -0.2) is 18.4 Å². The molecule has 0 saturated heterocycles. The number of hydrogen-bond acceptors (Lipinski definition) is 4. The van der Waals surface area contributed by atoms with Crippen LogP contribution in [0.4, 0.5) is 5.69 Å². The fourth-order valence-corrected chi connectivity index (χ4v) is 4.43. The van der Waals surface area contributed by atoms with Crippen LogP contribution in [0.25, 0.3) is 0 Å². The molecular formula is C16H16N2O2S2. The second-order valence-electron chi connectivity index (χ2n) is 5.70. The lowest BCUT2D eigenvalue weighted by Crippen LogP contribution is -2.30. The van der Waals surface area contributed by atoms with Gasteiger partial charge in [0.2, 0.25) is 5.91 Å². The fourth-order valence-electron chi connectivity index (χ4n) is 2.72. The number of hydrogen-bond donors (Lipinski definition) is 1. The average Bonchev–Trinajstić information content (AvgIpc) is 2.93. The van der Waals surface area contributed by atoms with Crippen LogP contribution in [0.1, 0.15) is 32.3 Å². The third kappa shape index (κ3) is 2.57. The highest BCUT2D eigenvalue weighted by atomic mass is 32.1. The van der Waals surface area contributed by atoms with E-state index >= 15 is 0 Å². The fraction of sp³-hybridized carbons (Fsp3) is 0.375. The van der Waals surface area contributed by atoms with Crippen LogP contribution < -0.4 is 10.2 Å². The average molecular weight is 332 g/mol.